The second kappa shape index (κ2) is 4.30. The maximum atomic E-state index is 9.18. The molecule has 0 aromatic carbocycles. The Hall–Kier alpha value is -1.09. The maximum absolute atomic E-state index is 9.18. The van der Waals surface area contributed by atoms with Gasteiger partial charge in [-0.05, 0) is 12.0 Å². The fourth-order valence-corrected chi connectivity index (χ4v) is 2.53. The largest absolute Gasteiger partial charge is 0.390 e. The normalized spacial score (nSPS) is 17.6. The number of hydrogen-bond donors (Lipinski definition) is 1. The van der Waals surface area contributed by atoms with Crippen LogP contribution in [-0.2, 0) is 12.0 Å². The molecular formula is C14H21N2O. The average molecular weight is 233 g/mol. The molecule has 0 unspecified atom stereocenters. The van der Waals surface area contributed by atoms with E-state index < -0.39 is 0 Å². The number of rotatable bonds is 3. The van der Waals surface area contributed by atoms with Gasteiger partial charge in [-0.2, -0.15) is 0 Å². The van der Waals surface area contributed by atoms with Gasteiger partial charge in [0.15, 0.2) is 0 Å². The second-order valence-corrected chi connectivity index (χ2v) is 5.80. The standard InChI is InChI=1S/C14H21N2O/c1-10(2)7-16-9-14(3,4)12-6-15-11(8-17)5-13(12)16/h5-6,17H,7-9H2,1-4H3. The van der Waals surface area contributed by atoms with Crippen LogP contribution in [0.25, 0.3) is 0 Å². The number of aromatic nitrogens is 1. The van der Waals surface area contributed by atoms with E-state index in [1.807, 2.05) is 12.3 Å². The molecule has 0 amide bonds. The Morgan fingerprint density at radius 1 is 1.47 bits per heavy atom. The van der Waals surface area contributed by atoms with Crippen LogP contribution in [0.5, 0.6) is 0 Å². The summed E-state index contributed by atoms with van der Waals surface area (Å²) in [4.78, 5) is 6.68. The van der Waals surface area contributed by atoms with Gasteiger partial charge >= 0.3 is 0 Å². The molecule has 3 heteroatoms. The highest BCUT2D eigenvalue weighted by Gasteiger charge is 2.35. The molecule has 1 aromatic rings. The SMILES string of the molecule is C[C](C)CN1CC(C)(C)c2cnc(CO)cc21. The van der Waals surface area contributed by atoms with Crippen LogP contribution in [0, 0.1) is 5.92 Å². The van der Waals surface area contributed by atoms with Crippen LogP contribution in [0.1, 0.15) is 39.0 Å². The van der Waals surface area contributed by atoms with Crippen LogP contribution in [-0.4, -0.2) is 23.2 Å². The molecule has 1 aromatic heterocycles. The quantitative estimate of drug-likeness (QED) is 0.870. The molecule has 0 saturated heterocycles. The van der Waals surface area contributed by atoms with Crippen LogP contribution < -0.4 is 4.90 Å². The molecule has 0 fully saturated rings. The molecule has 1 N–H and O–H groups in total. The zero-order chi connectivity index (χ0) is 12.6. The number of hydrogen-bond acceptors (Lipinski definition) is 3. The van der Waals surface area contributed by atoms with Crippen LogP contribution >= 0.6 is 0 Å². The number of pyridine rings is 1. The molecule has 2 heterocycles. The summed E-state index contributed by atoms with van der Waals surface area (Å²) in [5, 5.41) is 9.18. The van der Waals surface area contributed by atoms with E-state index in [0.717, 1.165) is 18.8 Å². The monoisotopic (exact) mass is 233 g/mol. The third-order valence-electron chi connectivity index (χ3n) is 3.26. The summed E-state index contributed by atoms with van der Waals surface area (Å²) in [6, 6.07) is 2.02. The molecule has 1 aliphatic rings. The number of anilines is 1. The minimum atomic E-state index is 0.0103. The smallest absolute Gasteiger partial charge is 0.0853 e. The van der Waals surface area contributed by atoms with Crippen LogP contribution in [0.2, 0.25) is 0 Å². The van der Waals surface area contributed by atoms with Crippen molar-refractivity contribution >= 4 is 5.69 Å². The van der Waals surface area contributed by atoms with E-state index in [4.69, 9.17) is 0 Å². The summed E-state index contributed by atoms with van der Waals surface area (Å²) in [6.07, 6.45) is 1.92. The first-order chi connectivity index (χ1) is 7.94. The second-order valence-electron chi connectivity index (χ2n) is 5.80. The predicted octanol–water partition coefficient (Wildman–Crippen LogP) is 2.29. The van der Waals surface area contributed by atoms with E-state index in [-0.39, 0.29) is 12.0 Å². The third-order valence-corrected chi connectivity index (χ3v) is 3.26. The van der Waals surface area contributed by atoms with Gasteiger partial charge in [-0.15, -0.1) is 0 Å². The average Bonchev–Trinajstić information content (AvgIpc) is 2.49. The molecule has 0 saturated carbocycles. The Labute approximate surface area is 103 Å². The molecule has 0 spiro atoms. The van der Waals surface area contributed by atoms with E-state index in [1.54, 1.807) is 0 Å². The van der Waals surface area contributed by atoms with E-state index in [0.29, 0.717) is 0 Å². The van der Waals surface area contributed by atoms with Gasteiger partial charge in [0.05, 0.1) is 12.3 Å². The molecule has 3 nitrogen and oxygen atoms in total. The lowest BCUT2D eigenvalue weighted by atomic mass is 9.88. The molecule has 1 radical (unpaired) electrons. The predicted molar refractivity (Wildman–Crippen MR) is 70.0 cm³/mol. The van der Waals surface area contributed by atoms with Crippen molar-refractivity contribution in [3.05, 3.63) is 29.4 Å². The van der Waals surface area contributed by atoms with Crippen molar-refractivity contribution in [3.8, 4) is 0 Å². The lowest BCUT2D eigenvalue weighted by molar-refractivity contribution is 0.277. The van der Waals surface area contributed by atoms with Crippen molar-refractivity contribution in [3.63, 3.8) is 0 Å². The maximum Gasteiger partial charge on any atom is 0.0853 e. The van der Waals surface area contributed by atoms with Crippen molar-refractivity contribution in [1.29, 1.82) is 0 Å². The fourth-order valence-electron chi connectivity index (χ4n) is 2.53. The third kappa shape index (κ3) is 2.29. The molecule has 93 valence electrons. The van der Waals surface area contributed by atoms with Gasteiger partial charge in [0, 0.05) is 36.0 Å². The zero-order valence-electron chi connectivity index (χ0n) is 11.1. The van der Waals surface area contributed by atoms with E-state index in [2.05, 4.69) is 37.6 Å². The number of nitrogens with zero attached hydrogens (tertiary/aromatic N) is 2. The van der Waals surface area contributed by atoms with E-state index in [1.165, 1.54) is 17.2 Å². The van der Waals surface area contributed by atoms with Gasteiger partial charge < -0.3 is 10.0 Å². The lowest BCUT2D eigenvalue weighted by Gasteiger charge is -2.23. The van der Waals surface area contributed by atoms with Crippen molar-refractivity contribution in [2.75, 3.05) is 18.0 Å². The van der Waals surface area contributed by atoms with Gasteiger partial charge in [-0.25, -0.2) is 0 Å². The van der Waals surface area contributed by atoms with Crippen molar-refractivity contribution in [1.82, 2.24) is 4.98 Å². The zero-order valence-corrected chi connectivity index (χ0v) is 11.1. The molecule has 0 bridgehead atoms. The van der Waals surface area contributed by atoms with E-state index in [9.17, 15) is 5.11 Å². The Morgan fingerprint density at radius 2 is 2.18 bits per heavy atom. The topological polar surface area (TPSA) is 36.4 Å². The summed E-state index contributed by atoms with van der Waals surface area (Å²) in [6.45, 7) is 10.8. The fraction of sp³-hybridized carbons (Fsp3) is 0.571. The first-order valence-corrected chi connectivity index (χ1v) is 6.08. The van der Waals surface area contributed by atoms with Crippen LogP contribution in [0.4, 0.5) is 5.69 Å². The van der Waals surface area contributed by atoms with Gasteiger partial charge in [0.1, 0.15) is 0 Å². The summed E-state index contributed by atoms with van der Waals surface area (Å²) < 4.78 is 0. The van der Waals surface area contributed by atoms with Crippen LogP contribution in [0.3, 0.4) is 0 Å². The molecular weight excluding hydrogens is 212 g/mol. The molecule has 0 aliphatic carbocycles. The first kappa shape index (κ1) is 12.4. The summed E-state index contributed by atoms with van der Waals surface area (Å²) >= 11 is 0. The van der Waals surface area contributed by atoms with Crippen molar-refractivity contribution in [2.24, 2.45) is 0 Å². The highest BCUT2D eigenvalue weighted by Crippen LogP contribution is 2.40. The van der Waals surface area contributed by atoms with Crippen LogP contribution in [0.15, 0.2) is 12.3 Å². The Balaban J connectivity index is 2.39. The van der Waals surface area contributed by atoms with E-state index >= 15 is 0 Å². The number of fused-ring (bicyclic) bond motifs is 1. The highest BCUT2D eigenvalue weighted by atomic mass is 16.3. The minimum Gasteiger partial charge on any atom is -0.390 e. The van der Waals surface area contributed by atoms with Gasteiger partial charge in [0.2, 0.25) is 0 Å². The Bertz CT molecular complexity index is 413. The number of aliphatic hydroxyl groups is 1. The van der Waals surface area contributed by atoms with Gasteiger partial charge in [-0.3, -0.25) is 4.98 Å². The highest BCUT2D eigenvalue weighted by molar-refractivity contribution is 5.62. The van der Waals surface area contributed by atoms with Crippen molar-refractivity contribution in [2.45, 2.75) is 39.7 Å². The Morgan fingerprint density at radius 3 is 2.76 bits per heavy atom. The molecule has 0 atom stereocenters. The van der Waals surface area contributed by atoms with Crippen molar-refractivity contribution < 1.29 is 5.11 Å². The summed E-state index contributed by atoms with van der Waals surface area (Å²) in [5.74, 6) is 1.40. The number of aliphatic hydroxyl groups excluding tert-OH is 1. The summed E-state index contributed by atoms with van der Waals surface area (Å²) in [7, 11) is 0. The molecule has 17 heavy (non-hydrogen) atoms. The minimum absolute atomic E-state index is 0.0103. The molecule has 2 rings (SSSR count). The summed E-state index contributed by atoms with van der Waals surface area (Å²) in [5.41, 5.74) is 3.41. The lowest BCUT2D eigenvalue weighted by Crippen LogP contribution is -2.30. The first-order valence-electron chi connectivity index (χ1n) is 6.08. The van der Waals surface area contributed by atoms with Gasteiger partial charge in [-0.1, -0.05) is 27.7 Å². The molecule has 1 aliphatic heterocycles. The Kier molecular flexibility index (Phi) is 3.13. The van der Waals surface area contributed by atoms with Gasteiger partial charge in [0.25, 0.3) is 0 Å².